The number of pyridine rings is 1. The second kappa shape index (κ2) is 5.80. The number of rotatable bonds is 3. The van der Waals surface area contributed by atoms with E-state index in [9.17, 15) is 5.11 Å². The molecule has 0 saturated carbocycles. The van der Waals surface area contributed by atoms with Gasteiger partial charge in [-0.2, -0.15) is 0 Å². The van der Waals surface area contributed by atoms with Crippen LogP contribution in [0.4, 0.5) is 0 Å². The first-order chi connectivity index (χ1) is 8.56. The number of aromatic nitrogens is 1. The summed E-state index contributed by atoms with van der Waals surface area (Å²) in [6, 6.07) is 10.3. The Labute approximate surface area is 121 Å². The lowest BCUT2D eigenvalue weighted by molar-refractivity contribution is 0.173. The van der Waals surface area contributed by atoms with E-state index < -0.39 is 6.10 Å². The second-order valence-electron chi connectivity index (χ2n) is 4.56. The van der Waals surface area contributed by atoms with Gasteiger partial charge >= 0.3 is 0 Å². The first-order valence-electron chi connectivity index (χ1n) is 5.92. The lowest BCUT2D eigenvalue weighted by Gasteiger charge is -2.13. The Morgan fingerprint density at radius 3 is 2.50 bits per heavy atom. The third-order valence-electron chi connectivity index (χ3n) is 2.91. The van der Waals surface area contributed by atoms with Gasteiger partial charge in [-0.05, 0) is 65.3 Å². The van der Waals surface area contributed by atoms with E-state index in [4.69, 9.17) is 0 Å². The average molecular weight is 353 g/mol. The molecule has 2 rings (SSSR count). The number of aryl methyl sites for hydroxylation is 2. The standard InChI is InChI=1S/C15H16INO/c1-10-7-11(2)15(17-9-10)14(18)8-12-3-5-13(16)6-4-12/h3-7,9,14,18H,8H2,1-2H3. The highest BCUT2D eigenvalue weighted by Gasteiger charge is 2.12. The van der Waals surface area contributed by atoms with Crippen LogP contribution >= 0.6 is 22.6 Å². The fraction of sp³-hybridized carbons (Fsp3) is 0.267. The summed E-state index contributed by atoms with van der Waals surface area (Å²) in [5.74, 6) is 0. The number of aliphatic hydroxyl groups is 1. The monoisotopic (exact) mass is 353 g/mol. The summed E-state index contributed by atoms with van der Waals surface area (Å²) < 4.78 is 1.20. The minimum atomic E-state index is -0.536. The van der Waals surface area contributed by atoms with Crippen LogP contribution in [-0.2, 0) is 6.42 Å². The van der Waals surface area contributed by atoms with Gasteiger partial charge in [-0.15, -0.1) is 0 Å². The van der Waals surface area contributed by atoms with Crippen LogP contribution in [0.1, 0.15) is 28.5 Å². The molecule has 0 bridgehead atoms. The molecule has 1 atom stereocenters. The molecule has 1 aromatic heterocycles. The van der Waals surface area contributed by atoms with E-state index in [0.717, 1.165) is 22.4 Å². The zero-order valence-corrected chi connectivity index (χ0v) is 12.7. The highest BCUT2D eigenvalue weighted by Crippen LogP contribution is 2.20. The molecule has 0 aliphatic heterocycles. The number of hydrogen-bond acceptors (Lipinski definition) is 2. The highest BCUT2D eigenvalue weighted by atomic mass is 127. The van der Waals surface area contributed by atoms with Gasteiger partial charge in [0.1, 0.15) is 6.10 Å². The number of aliphatic hydroxyl groups excluding tert-OH is 1. The summed E-state index contributed by atoms with van der Waals surface area (Å²) in [5, 5.41) is 10.3. The van der Waals surface area contributed by atoms with E-state index >= 15 is 0 Å². The van der Waals surface area contributed by atoms with Crippen molar-refractivity contribution in [2.24, 2.45) is 0 Å². The van der Waals surface area contributed by atoms with Crippen LogP contribution in [-0.4, -0.2) is 10.1 Å². The van der Waals surface area contributed by atoms with Gasteiger partial charge in [0.15, 0.2) is 0 Å². The van der Waals surface area contributed by atoms with Crippen molar-refractivity contribution >= 4 is 22.6 Å². The smallest absolute Gasteiger partial charge is 0.100 e. The Bertz CT molecular complexity index is 537. The molecule has 1 N–H and O–H groups in total. The van der Waals surface area contributed by atoms with Crippen molar-refractivity contribution in [1.82, 2.24) is 4.98 Å². The van der Waals surface area contributed by atoms with Crippen molar-refractivity contribution in [2.45, 2.75) is 26.4 Å². The summed E-state index contributed by atoms with van der Waals surface area (Å²) in [6.07, 6.45) is 1.87. The predicted octanol–water partition coefficient (Wildman–Crippen LogP) is 3.58. The van der Waals surface area contributed by atoms with E-state index in [-0.39, 0.29) is 0 Å². The number of halogens is 1. The topological polar surface area (TPSA) is 33.1 Å². The maximum atomic E-state index is 10.3. The van der Waals surface area contributed by atoms with Crippen molar-refractivity contribution in [3.05, 3.63) is 62.5 Å². The largest absolute Gasteiger partial charge is 0.386 e. The lowest BCUT2D eigenvalue weighted by Crippen LogP contribution is -2.06. The molecule has 1 unspecified atom stereocenters. The predicted molar refractivity (Wildman–Crippen MR) is 81.5 cm³/mol. The van der Waals surface area contributed by atoms with E-state index in [2.05, 4.69) is 57.9 Å². The third-order valence-corrected chi connectivity index (χ3v) is 3.63. The van der Waals surface area contributed by atoms with E-state index in [1.807, 2.05) is 13.8 Å². The van der Waals surface area contributed by atoms with E-state index in [0.29, 0.717) is 6.42 Å². The molecule has 18 heavy (non-hydrogen) atoms. The van der Waals surface area contributed by atoms with Crippen molar-refractivity contribution in [2.75, 3.05) is 0 Å². The Morgan fingerprint density at radius 2 is 1.89 bits per heavy atom. The van der Waals surface area contributed by atoms with Crippen molar-refractivity contribution in [1.29, 1.82) is 0 Å². The molecule has 1 heterocycles. The fourth-order valence-corrected chi connectivity index (χ4v) is 2.37. The van der Waals surface area contributed by atoms with Crippen molar-refractivity contribution < 1.29 is 5.11 Å². The number of nitrogens with zero attached hydrogens (tertiary/aromatic N) is 1. The molecule has 0 saturated heterocycles. The van der Waals surface area contributed by atoms with Gasteiger partial charge in [-0.25, -0.2) is 0 Å². The van der Waals surface area contributed by atoms with Crippen LogP contribution in [0.15, 0.2) is 36.5 Å². The van der Waals surface area contributed by atoms with Crippen LogP contribution in [0.5, 0.6) is 0 Å². The molecule has 1 aromatic carbocycles. The first-order valence-corrected chi connectivity index (χ1v) is 7.00. The van der Waals surface area contributed by atoms with Gasteiger partial charge in [0.05, 0.1) is 5.69 Å². The summed E-state index contributed by atoms with van der Waals surface area (Å²) in [5.41, 5.74) is 4.08. The summed E-state index contributed by atoms with van der Waals surface area (Å²) >= 11 is 2.28. The molecule has 0 amide bonds. The number of hydrogen-bond donors (Lipinski definition) is 1. The van der Waals surface area contributed by atoms with Gasteiger partial charge in [0, 0.05) is 16.2 Å². The van der Waals surface area contributed by atoms with Gasteiger partial charge in [0.2, 0.25) is 0 Å². The molecule has 0 aliphatic rings. The number of benzene rings is 1. The Balaban J connectivity index is 2.16. The zero-order valence-electron chi connectivity index (χ0n) is 10.5. The maximum Gasteiger partial charge on any atom is 0.100 e. The second-order valence-corrected chi connectivity index (χ2v) is 5.81. The lowest BCUT2D eigenvalue weighted by atomic mass is 10.0. The minimum Gasteiger partial charge on any atom is -0.386 e. The SMILES string of the molecule is Cc1cnc(C(O)Cc2ccc(I)cc2)c(C)c1. The third kappa shape index (κ3) is 3.29. The normalized spacial score (nSPS) is 12.4. The van der Waals surface area contributed by atoms with Crippen LogP contribution in [0, 0.1) is 17.4 Å². The fourth-order valence-electron chi connectivity index (χ4n) is 2.02. The van der Waals surface area contributed by atoms with Crippen LogP contribution in [0.2, 0.25) is 0 Å². The molecule has 0 aliphatic carbocycles. The molecular weight excluding hydrogens is 337 g/mol. The van der Waals surface area contributed by atoms with E-state index in [1.54, 1.807) is 6.20 Å². The highest BCUT2D eigenvalue weighted by molar-refractivity contribution is 14.1. The van der Waals surface area contributed by atoms with Gasteiger partial charge in [0.25, 0.3) is 0 Å². The van der Waals surface area contributed by atoms with Gasteiger partial charge < -0.3 is 5.11 Å². The van der Waals surface area contributed by atoms with Crippen molar-refractivity contribution in [3.63, 3.8) is 0 Å². The van der Waals surface area contributed by atoms with Gasteiger partial charge in [-0.3, -0.25) is 4.98 Å². The summed E-state index contributed by atoms with van der Waals surface area (Å²) in [4.78, 5) is 4.34. The van der Waals surface area contributed by atoms with E-state index in [1.165, 1.54) is 3.57 Å². The Kier molecular flexibility index (Phi) is 4.35. The Hall–Kier alpha value is -0.940. The quantitative estimate of drug-likeness (QED) is 0.856. The van der Waals surface area contributed by atoms with Crippen LogP contribution in [0.25, 0.3) is 0 Å². The molecule has 0 fully saturated rings. The van der Waals surface area contributed by atoms with Crippen molar-refractivity contribution in [3.8, 4) is 0 Å². The molecule has 0 radical (unpaired) electrons. The molecule has 0 spiro atoms. The minimum absolute atomic E-state index is 0.536. The summed E-state index contributed by atoms with van der Waals surface area (Å²) in [7, 11) is 0. The molecule has 2 nitrogen and oxygen atoms in total. The van der Waals surface area contributed by atoms with Crippen LogP contribution < -0.4 is 0 Å². The summed E-state index contributed by atoms with van der Waals surface area (Å²) in [6.45, 7) is 4.00. The molecule has 2 aromatic rings. The molecular formula is C15H16INO. The zero-order chi connectivity index (χ0) is 13.1. The van der Waals surface area contributed by atoms with Crippen LogP contribution in [0.3, 0.4) is 0 Å². The van der Waals surface area contributed by atoms with Gasteiger partial charge in [-0.1, -0.05) is 18.2 Å². The Morgan fingerprint density at radius 1 is 1.22 bits per heavy atom. The average Bonchev–Trinajstić information content (AvgIpc) is 2.32. The molecule has 94 valence electrons. The molecule has 3 heteroatoms. The first kappa shape index (κ1) is 13.5. The maximum absolute atomic E-state index is 10.3.